The molecule has 0 aromatic carbocycles. The van der Waals surface area contributed by atoms with Gasteiger partial charge in [0.25, 0.3) is 0 Å². The van der Waals surface area contributed by atoms with Gasteiger partial charge >= 0.3 is 0 Å². The predicted molar refractivity (Wildman–Crippen MR) is 82.6 cm³/mol. The fourth-order valence-corrected chi connectivity index (χ4v) is 5.33. The second-order valence-electron chi connectivity index (χ2n) is 7.80. The summed E-state index contributed by atoms with van der Waals surface area (Å²) in [6.45, 7) is 4.50. The smallest absolute Gasteiger partial charge is 0.162 e. The van der Waals surface area contributed by atoms with Gasteiger partial charge in [-0.2, -0.15) is 0 Å². The highest BCUT2D eigenvalue weighted by Crippen LogP contribution is 2.60. The normalized spacial score (nSPS) is 48.1. The Balaban J connectivity index is 1.81. The van der Waals surface area contributed by atoms with Gasteiger partial charge in [-0.1, -0.05) is 43.2 Å². The van der Waals surface area contributed by atoms with E-state index in [0.29, 0.717) is 17.6 Å². The van der Waals surface area contributed by atoms with Crippen molar-refractivity contribution in [3.63, 3.8) is 0 Å². The van der Waals surface area contributed by atoms with Crippen LogP contribution in [0.2, 0.25) is 0 Å². The number of carbonyl (C=O) groups is 1. The van der Waals surface area contributed by atoms with Gasteiger partial charge in [0.1, 0.15) is 0 Å². The highest BCUT2D eigenvalue weighted by molar-refractivity contribution is 5.98. The van der Waals surface area contributed by atoms with E-state index in [4.69, 9.17) is 0 Å². The summed E-state index contributed by atoms with van der Waals surface area (Å²) in [5.74, 6) is 1.20. The van der Waals surface area contributed by atoms with Crippen LogP contribution in [0, 0.1) is 22.7 Å². The van der Waals surface area contributed by atoms with Crippen molar-refractivity contribution in [3.8, 4) is 0 Å². The van der Waals surface area contributed by atoms with Crippen molar-refractivity contribution in [3.05, 3.63) is 35.5 Å². The molecule has 21 heavy (non-hydrogen) atoms. The van der Waals surface area contributed by atoms with E-state index in [0.717, 1.165) is 32.1 Å². The maximum Gasteiger partial charge on any atom is 0.162 e. The zero-order valence-corrected chi connectivity index (χ0v) is 12.9. The van der Waals surface area contributed by atoms with Crippen LogP contribution in [0.4, 0.5) is 0 Å². The molecule has 0 radical (unpaired) electrons. The van der Waals surface area contributed by atoms with E-state index in [2.05, 4.69) is 26.0 Å². The summed E-state index contributed by atoms with van der Waals surface area (Å²) in [5.41, 5.74) is 3.03. The molecule has 2 unspecified atom stereocenters. The monoisotopic (exact) mass is 284 g/mol. The highest BCUT2D eigenvalue weighted by atomic mass is 16.3. The minimum atomic E-state index is -0.271. The standard InChI is InChI=1S/C19H24O2/c1-18-9-7-13(20)11-12(18)3-4-14-15-5-6-17(21)19(15,2)10-8-16(14)18/h5-7,9,12-13,15,20H,3-4,8,10-11H2,1-2H3/t12?,13-,15?,18-,19-/m0/s1. The van der Waals surface area contributed by atoms with Crippen molar-refractivity contribution in [2.75, 3.05) is 0 Å². The molecule has 5 atom stereocenters. The topological polar surface area (TPSA) is 37.3 Å². The zero-order chi connectivity index (χ0) is 14.8. The van der Waals surface area contributed by atoms with Crippen molar-refractivity contribution < 1.29 is 9.90 Å². The molecule has 0 fully saturated rings. The molecule has 0 saturated carbocycles. The lowest BCUT2D eigenvalue weighted by Crippen LogP contribution is -2.43. The largest absolute Gasteiger partial charge is 0.389 e. The number of aliphatic hydroxyl groups excluding tert-OH is 1. The summed E-state index contributed by atoms with van der Waals surface area (Å²) in [6.07, 6.45) is 13.1. The Labute approximate surface area is 126 Å². The van der Waals surface area contributed by atoms with Crippen LogP contribution < -0.4 is 0 Å². The fraction of sp³-hybridized carbons (Fsp3) is 0.632. The van der Waals surface area contributed by atoms with E-state index in [-0.39, 0.29) is 16.9 Å². The van der Waals surface area contributed by atoms with Gasteiger partial charge in [0, 0.05) is 16.7 Å². The number of allylic oxidation sites excluding steroid dienone is 5. The zero-order valence-electron chi connectivity index (χ0n) is 12.9. The van der Waals surface area contributed by atoms with Gasteiger partial charge in [-0.3, -0.25) is 4.79 Å². The van der Waals surface area contributed by atoms with Gasteiger partial charge in [-0.15, -0.1) is 0 Å². The molecule has 2 nitrogen and oxygen atoms in total. The van der Waals surface area contributed by atoms with Crippen LogP contribution in [0.15, 0.2) is 35.5 Å². The lowest BCUT2D eigenvalue weighted by molar-refractivity contribution is -0.123. The molecule has 0 aromatic heterocycles. The summed E-state index contributed by atoms with van der Waals surface area (Å²) in [4.78, 5) is 12.3. The molecular formula is C19H24O2. The van der Waals surface area contributed by atoms with Crippen LogP contribution in [-0.2, 0) is 4.79 Å². The molecule has 1 N–H and O–H groups in total. The van der Waals surface area contributed by atoms with Crippen molar-refractivity contribution in [2.24, 2.45) is 22.7 Å². The van der Waals surface area contributed by atoms with E-state index in [9.17, 15) is 9.90 Å². The summed E-state index contributed by atoms with van der Waals surface area (Å²) >= 11 is 0. The molecule has 0 amide bonds. The Morgan fingerprint density at radius 3 is 2.86 bits per heavy atom. The van der Waals surface area contributed by atoms with Gasteiger partial charge in [0.05, 0.1) is 6.10 Å². The summed E-state index contributed by atoms with van der Waals surface area (Å²) in [6, 6.07) is 0. The minimum absolute atomic E-state index is 0.105. The molecule has 0 spiro atoms. The molecule has 4 aliphatic rings. The van der Waals surface area contributed by atoms with Crippen molar-refractivity contribution in [1.82, 2.24) is 0 Å². The van der Waals surface area contributed by atoms with Crippen molar-refractivity contribution in [2.45, 2.75) is 52.1 Å². The second kappa shape index (κ2) is 4.19. The first-order chi connectivity index (χ1) is 9.95. The second-order valence-corrected chi connectivity index (χ2v) is 7.80. The number of hydrogen-bond acceptors (Lipinski definition) is 2. The lowest BCUT2D eigenvalue weighted by atomic mass is 9.53. The quantitative estimate of drug-likeness (QED) is 0.690. The van der Waals surface area contributed by atoms with Crippen LogP contribution in [0.25, 0.3) is 0 Å². The Kier molecular flexibility index (Phi) is 2.70. The van der Waals surface area contributed by atoms with Crippen molar-refractivity contribution >= 4 is 5.78 Å². The first-order valence-corrected chi connectivity index (χ1v) is 8.27. The van der Waals surface area contributed by atoms with Crippen LogP contribution >= 0.6 is 0 Å². The SMILES string of the molecule is C[C@]12C=C[C@H](O)CC1CCC1=C2CC[C@]2(C)C(=O)C=CC12. The summed E-state index contributed by atoms with van der Waals surface area (Å²) < 4.78 is 0. The maximum atomic E-state index is 12.3. The Morgan fingerprint density at radius 1 is 1.24 bits per heavy atom. The van der Waals surface area contributed by atoms with Crippen LogP contribution in [-0.4, -0.2) is 17.0 Å². The first-order valence-electron chi connectivity index (χ1n) is 8.27. The number of rotatable bonds is 0. The van der Waals surface area contributed by atoms with Gasteiger partial charge in [0.2, 0.25) is 0 Å². The van der Waals surface area contributed by atoms with Crippen LogP contribution in [0.3, 0.4) is 0 Å². The molecule has 4 aliphatic carbocycles. The Bertz CT molecular complexity index is 597. The number of hydrogen-bond donors (Lipinski definition) is 1. The van der Waals surface area contributed by atoms with E-state index >= 15 is 0 Å². The fourth-order valence-electron chi connectivity index (χ4n) is 5.33. The average Bonchev–Trinajstić information content (AvgIpc) is 2.76. The minimum Gasteiger partial charge on any atom is -0.389 e. The van der Waals surface area contributed by atoms with Gasteiger partial charge in [0.15, 0.2) is 5.78 Å². The summed E-state index contributed by atoms with van der Waals surface area (Å²) in [5, 5.41) is 9.93. The number of aliphatic hydroxyl groups is 1. The molecule has 0 heterocycles. The number of ketones is 1. The maximum absolute atomic E-state index is 12.3. The first kappa shape index (κ1) is 13.5. The molecule has 4 rings (SSSR count). The van der Waals surface area contributed by atoms with E-state index in [1.54, 1.807) is 5.57 Å². The third-order valence-corrected chi connectivity index (χ3v) is 6.80. The van der Waals surface area contributed by atoms with Crippen LogP contribution in [0.5, 0.6) is 0 Å². The Morgan fingerprint density at radius 2 is 2.05 bits per heavy atom. The third-order valence-electron chi connectivity index (χ3n) is 6.80. The number of fused-ring (bicyclic) bond motifs is 4. The number of carbonyl (C=O) groups excluding carboxylic acids is 1. The molecule has 0 saturated heterocycles. The molecule has 0 aromatic rings. The van der Waals surface area contributed by atoms with Gasteiger partial charge in [-0.25, -0.2) is 0 Å². The van der Waals surface area contributed by atoms with Gasteiger partial charge < -0.3 is 5.11 Å². The molecule has 0 bridgehead atoms. The lowest BCUT2D eigenvalue weighted by Gasteiger charge is -2.51. The molecule has 0 aliphatic heterocycles. The Hall–Kier alpha value is -1.15. The highest BCUT2D eigenvalue weighted by Gasteiger charge is 2.52. The average molecular weight is 284 g/mol. The van der Waals surface area contributed by atoms with Crippen molar-refractivity contribution in [1.29, 1.82) is 0 Å². The molecular weight excluding hydrogens is 260 g/mol. The molecule has 112 valence electrons. The van der Waals surface area contributed by atoms with E-state index < -0.39 is 0 Å². The van der Waals surface area contributed by atoms with Gasteiger partial charge in [-0.05, 0) is 44.1 Å². The predicted octanol–water partition coefficient (Wildman–Crippen LogP) is 3.58. The van der Waals surface area contributed by atoms with E-state index in [1.165, 1.54) is 5.57 Å². The summed E-state index contributed by atoms with van der Waals surface area (Å²) in [7, 11) is 0. The third kappa shape index (κ3) is 1.66. The van der Waals surface area contributed by atoms with E-state index in [1.807, 2.05) is 12.2 Å². The van der Waals surface area contributed by atoms with Crippen LogP contribution in [0.1, 0.15) is 46.0 Å². The molecule has 2 heteroatoms.